The SMILES string of the molecule is O=C([O-])c1ccc(N2N=C(c3ccc(Cl)cc3)C[C@H]2c2ccccc2)cc1. The van der Waals surface area contributed by atoms with Crippen LogP contribution in [0.15, 0.2) is 84.0 Å². The van der Waals surface area contributed by atoms with E-state index in [4.69, 9.17) is 16.7 Å². The summed E-state index contributed by atoms with van der Waals surface area (Å²) in [6, 6.07) is 24.4. The molecule has 0 unspecified atom stereocenters. The number of hydrogen-bond acceptors (Lipinski definition) is 4. The van der Waals surface area contributed by atoms with Crippen LogP contribution in [0.2, 0.25) is 5.02 Å². The number of anilines is 1. The maximum Gasteiger partial charge on any atom is 0.0831 e. The molecule has 1 heterocycles. The van der Waals surface area contributed by atoms with Gasteiger partial charge < -0.3 is 9.90 Å². The number of carboxylic acids is 1. The highest BCUT2D eigenvalue weighted by Crippen LogP contribution is 2.36. The molecule has 0 bridgehead atoms. The fourth-order valence-corrected chi connectivity index (χ4v) is 3.38. The quantitative estimate of drug-likeness (QED) is 0.691. The Balaban J connectivity index is 1.73. The Hall–Kier alpha value is -3.11. The van der Waals surface area contributed by atoms with Crippen molar-refractivity contribution in [3.8, 4) is 0 Å². The average Bonchev–Trinajstić information content (AvgIpc) is 3.15. The first kappa shape index (κ1) is 17.3. The second-order valence-corrected chi connectivity index (χ2v) is 6.80. The summed E-state index contributed by atoms with van der Waals surface area (Å²) in [5, 5.41) is 18.5. The van der Waals surface area contributed by atoms with Crippen LogP contribution in [-0.2, 0) is 0 Å². The van der Waals surface area contributed by atoms with Gasteiger partial charge in [-0.05, 0) is 41.0 Å². The van der Waals surface area contributed by atoms with Crippen molar-refractivity contribution in [2.75, 3.05) is 5.01 Å². The highest BCUT2D eigenvalue weighted by atomic mass is 35.5. The van der Waals surface area contributed by atoms with E-state index < -0.39 is 5.97 Å². The van der Waals surface area contributed by atoms with Crippen molar-refractivity contribution in [1.82, 2.24) is 0 Å². The van der Waals surface area contributed by atoms with Crippen molar-refractivity contribution in [3.63, 3.8) is 0 Å². The molecule has 0 spiro atoms. The predicted octanol–water partition coefficient (Wildman–Crippen LogP) is 4.06. The fraction of sp³-hybridized carbons (Fsp3) is 0.0909. The van der Waals surface area contributed by atoms with E-state index in [1.807, 2.05) is 47.5 Å². The zero-order valence-corrected chi connectivity index (χ0v) is 15.1. The molecule has 3 aromatic rings. The minimum absolute atomic E-state index is 0.0330. The van der Waals surface area contributed by atoms with Crippen LogP contribution in [0.1, 0.15) is 33.9 Å². The number of rotatable bonds is 4. The van der Waals surface area contributed by atoms with Gasteiger partial charge >= 0.3 is 0 Å². The van der Waals surface area contributed by atoms with Crippen LogP contribution in [0.5, 0.6) is 0 Å². The number of hydrazone groups is 1. The van der Waals surface area contributed by atoms with E-state index in [1.54, 1.807) is 24.3 Å². The molecular formula is C22H16ClN2O2-. The van der Waals surface area contributed by atoms with Crippen LogP contribution < -0.4 is 10.1 Å². The van der Waals surface area contributed by atoms with Gasteiger partial charge in [0.25, 0.3) is 0 Å². The average molecular weight is 376 g/mol. The zero-order chi connectivity index (χ0) is 18.8. The summed E-state index contributed by atoms with van der Waals surface area (Å²) >= 11 is 6.00. The molecule has 0 fully saturated rings. The van der Waals surface area contributed by atoms with Crippen molar-refractivity contribution in [1.29, 1.82) is 0 Å². The summed E-state index contributed by atoms with van der Waals surface area (Å²) in [5.74, 6) is -1.19. The molecule has 1 atom stereocenters. The van der Waals surface area contributed by atoms with Gasteiger partial charge in [-0.15, -0.1) is 0 Å². The number of nitrogens with zero attached hydrogens (tertiary/aromatic N) is 2. The van der Waals surface area contributed by atoms with Gasteiger partial charge in [0.05, 0.1) is 23.4 Å². The third kappa shape index (κ3) is 3.57. The van der Waals surface area contributed by atoms with E-state index in [0.717, 1.165) is 28.9 Å². The third-order valence-corrected chi connectivity index (χ3v) is 4.89. The lowest BCUT2D eigenvalue weighted by atomic mass is 9.98. The minimum Gasteiger partial charge on any atom is -0.545 e. The summed E-state index contributed by atoms with van der Waals surface area (Å²) in [4.78, 5) is 11.0. The Morgan fingerprint density at radius 1 is 0.963 bits per heavy atom. The number of hydrogen-bond donors (Lipinski definition) is 0. The van der Waals surface area contributed by atoms with Crippen molar-refractivity contribution >= 4 is 29.0 Å². The van der Waals surface area contributed by atoms with Gasteiger partial charge in [0.2, 0.25) is 0 Å². The molecule has 3 aromatic carbocycles. The van der Waals surface area contributed by atoms with Crippen molar-refractivity contribution < 1.29 is 9.90 Å². The van der Waals surface area contributed by atoms with Crippen LogP contribution in [0.4, 0.5) is 5.69 Å². The van der Waals surface area contributed by atoms with Crippen molar-refractivity contribution in [3.05, 3.63) is 101 Å². The van der Waals surface area contributed by atoms with Crippen LogP contribution in [-0.4, -0.2) is 11.7 Å². The molecule has 0 saturated heterocycles. The molecule has 5 heteroatoms. The number of carboxylic acid groups (broad SMARTS) is 1. The van der Waals surface area contributed by atoms with Gasteiger partial charge in [0, 0.05) is 11.4 Å². The summed E-state index contributed by atoms with van der Waals surface area (Å²) in [7, 11) is 0. The van der Waals surface area contributed by atoms with Crippen molar-refractivity contribution in [2.24, 2.45) is 5.10 Å². The maximum atomic E-state index is 11.0. The van der Waals surface area contributed by atoms with Gasteiger partial charge in [0.1, 0.15) is 0 Å². The van der Waals surface area contributed by atoms with E-state index >= 15 is 0 Å². The maximum absolute atomic E-state index is 11.0. The molecule has 1 aliphatic rings. The summed E-state index contributed by atoms with van der Waals surface area (Å²) in [6.07, 6.45) is 0.744. The Morgan fingerprint density at radius 2 is 1.63 bits per heavy atom. The van der Waals surface area contributed by atoms with E-state index in [-0.39, 0.29) is 11.6 Å². The summed E-state index contributed by atoms with van der Waals surface area (Å²) in [6.45, 7) is 0. The molecule has 0 N–H and O–H groups in total. The van der Waals surface area contributed by atoms with Gasteiger partial charge in [0.15, 0.2) is 0 Å². The second kappa shape index (κ2) is 7.25. The van der Waals surface area contributed by atoms with E-state index in [0.29, 0.717) is 5.02 Å². The van der Waals surface area contributed by atoms with Crippen molar-refractivity contribution in [2.45, 2.75) is 12.5 Å². The normalized spacial score (nSPS) is 16.3. The molecular weight excluding hydrogens is 360 g/mol. The number of carbonyl (C=O) groups excluding carboxylic acids is 1. The lowest BCUT2D eigenvalue weighted by Crippen LogP contribution is -2.22. The first-order valence-electron chi connectivity index (χ1n) is 8.61. The molecule has 0 aliphatic carbocycles. The molecule has 0 amide bonds. The molecule has 134 valence electrons. The topological polar surface area (TPSA) is 55.7 Å². The zero-order valence-electron chi connectivity index (χ0n) is 14.4. The monoisotopic (exact) mass is 375 g/mol. The standard InChI is InChI=1S/C22H17ClN2O2/c23-18-10-6-15(7-11-18)20-14-21(16-4-2-1-3-5-16)25(24-20)19-12-8-17(9-13-19)22(26)27/h1-13,21H,14H2,(H,26,27)/p-1/t21-/m0/s1. The fourth-order valence-electron chi connectivity index (χ4n) is 3.25. The van der Waals surface area contributed by atoms with E-state index in [9.17, 15) is 9.90 Å². The first-order chi connectivity index (χ1) is 13.1. The van der Waals surface area contributed by atoms with E-state index in [1.165, 1.54) is 0 Å². The first-order valence-corrected chi connectivity index (χ1v) is 8.98. The molecule has 0 saturated carbocycles. The minimum atomic E-state index is -1.19. The molecule has 4 nitrogen and oxygen atoms in total. The van der Waals surface area contributed by atoms with Crippen LogP contribution in [0.3, 0.4) is 0 Å². The Bertz CT molecular complexity index is 983. The van der Waals surface area contributed by atoms with Gasteiger partial charge in [-0.25, -0.2) is 0 Å². The van der Waals surface area contributed by atoms with Gasteiger partial charge in [-0.1, -0.05) is 66.2 Å². The Morgan fingerprint density at radius 3 is 2.26 bits per heavy atom. The van der Waals surface area contributed by atoms with Gasteiger partial charge in [-0.3, -0.25) is 5.01 Å². The number of carbonyl (C=O) groups is 1. The molecule has 0 aromatic heterocycles. The van der Waals surface area contributed by atoms with Crippen LogP contribution in [0, 0.1) is 0 Å². The molecule has 0 radical (unpaired) electrons. The number of halogens is 1. The summed E-state index contributed by atoms with van der Waals surface area (Å²) in [5.41, 5.74) is 4.11. The number of benzene rings is 3. The predicted molar refractivity (Wildman–Crippen MR) is 105 cm³/mol. The number of aromatic carboxylic acids is 1. The highest BCUT2D eigenvalue weighted by Gasteiger charge is 2.29. The van der Waals surface area contributed by atoms with Crippen LogP contribution >= 0.6 is 11.6 Å². The highest BCUT2D eigenvalue weighted by molar-refractivity contribution is 6.30. The second-order valence-electron chi connectivity index (χ2n) is 6.36. The lowest BCUT2D eigenvalue weighted by Gasteiger charge is -2.24. The molecule has 1 aliphatic heterocycles. The Labute approximate surface area is 162 Å². The third-order valence-electron chi connectivity index (χ3n) is 4.64. The largest absolute Gasteiger partial charge is 0.545 e. The molecule has 27 heavy (non-hydrogen) atoms. The lowest BCUT2D eigenvalue weighted by molar-refractivity contribution is -0.255. The Kier molecular flexibility index (Phi) is 4.65. The smallest absolute Gasteiger partial charge is 0.0831 e. The van der Waals surface area contributed by atoms with Gasteiger partial charge in [-0.2, -0.15) is 5.10 Å². The summed E-state index contributed by atoms with van der Waals surface area (Å²) < 4.78 is 0. The molecule has 4 rings (SSSR count). The van der Waals surface area contributed by atoms with E-state index in [2.05, 4.69) is 12.1 Å². The van der Waals surface area contributed by atoms with Crippen LogP contribution in [0.25, 0.3) is 0 Å².